The molecule has 2 N–H and O–H groups in total. The van der Waals surface area contributed by atoms with Gasteiger partial charge < -0.3 is 14.8 Å². The Kier molecular flexibility index (Phi) is 2.64. The Balaban J connectivity index is 2.53. The molecule has 1 aromatic heterocycles. The van der Waals surface area contributed by atoms with Gasteiger partial charge in [0.25, 0.3) is 0 Å². The van der Waals surface area contributed by atoms with Gasteiger partial charge >= 0.3 is 5.97 Å². The Morgan fingerprint density at radius 1 is 1.50 bits per heavy atom. The van der Waals surface area contributed by atoms with Crippen LogP contribution in [0.25, 0.3) is 17.0 Å². The molecule has 0 atom stereocenters. The SMILES string of the molecule is COc1cccc2c(/C=C\C(=O)O)c[nH]c12. The number of fused-ring (bicyclic) bond motifs is 1. The Hall–Kier alpha value is -2.23. The van der Waals surface area contributed by atoms with Gasteiger partial charge in [-0.05, 0) is 12.1 Å². The molecule has 0 unspecified atom stereocenters. The number of hydrogen-bond donors (Lipinski definition) is 2. The van der Waals surface area contributed by atoms with Crippen LogP contribution < -0.4 is 4.74 Å². The van der Waals surface area contributed by atoms with Crippen molar-refractivity contribution >= 4 is 22.9 Å². The van der Waals surface area contributed by atoms with Gasteiger partial charge in [0.2, 0.25) is 0 Å². The number of hydrogen-bond acceptors (Lipinski definition) is 2. The summed E-state index contributed by atoms with van der Waals surface area (Å²) in [5.41, 5.74) is 1.70. The molecule has 16 heavy (non-hydrogen) atoms. The lowest BCUT2D eigenvalue weighted by molar-refractivity contribution is -0.131. The molecule has 4 heteroatoms. The van der Waals surface area contributed by atoms with Crippen LogP contribution in [0.5, 0.6) is 5.75 Å². The number of aliphatic carboxylic acids is 1. The van der Waals surface area contributed by atoms with E-state index in [9.17, 15) is 4.79 Å². The molecule has 1 aromatic carbocycles. The number of benzene rings is 1. The van der Waals surface area contributed by atoms with Crippen LogP contribution in [0, 0.1) is 0 Å². The molecular formula is C12H11NO3. The van der Waals surface area contributed by atoms with Crippen LogP contribution in [0.2, 0.25) is 0 Å². The van der Waals surface area contributed by atoms with Gasteiger partial charge in [-0.3, -0.25) is 0 Å². The zero-order valence-corrected chi connectivity index (χ0v) is 8.73. The number of carboxylic acid groups (broad SMARTS) is 1. The van der Waals surface area contributed by atoms with E-state index in [4.69, 9.17) is 9.84 Å². The zero-order valence-electron chi connectivity index (χ0n) is 8.73. The first-order valence-corrected chi connectivity index (χ1v) is 4.77. The first kappa shape index (κ1) is 10.3. The molecule has 0 fully saturated rings. The van der Waals surface area contributed by atoms with Crippen molar-refractivity contribution < 1.29 is 14.6 Å². The van der Waals surface area contributed by atoms with Gasteiger partial charge in [0.05, 0.1) is 12.6 Å². The highest BCUT2D eigenvalue weighted by Crippen LogP contribution is 2.27. The molecule has 0 amide bonds. The Bertz CT molecular complexity index is 554. The molecule has 0 radical (unpaired) electrons. The number of nitrogens with one attached hydrogen (secondary N) is 1. The number of para-hydroxylation sites is 1. The normalized spacial score (nSPS) is 11.1. The number of H-pyrrole nitrogens is 1. The van der Waals surface area contributed by atoms with E-state index in [1.807, 2.05) is 18.2 Å². The van der Waals surface area contributed by atoms with Crippen LogP contribution >= 0.6 is 0 Å². The summed E-state index contributed by atoms with van der Waals surface area (Å²) >= 11 is 0. The maximum atomic E-state index is 10.4. The third-order valence-corrected chi connectivity index (χ3v) is 2.33. The Morgan fingerprint density at radius 3 is 3.00 bits per heavy atom. The minimum Gasteiger partial charge on any atom is -0.495 e. The molecule has 0 aliphatic rings. The van der Waals surface area contributed by atoms with Gasteiger partial charge in [0.1, 0.15) is 5.75 Å². The molecule has 0 aliphatic heterocycles. The fraction of sp³-hybridized carbons (Fsp3) is 0.0833. The molecule has 1 heterocycles. The molecule has 0 spiro atoms. The predicted octanol–water partition coefficient (Wildman–Crippen LogP) is 2.27. The van der Waals surface area contributed by atoms with Gasteiger partial charge in [-0.1, -0.05) is 12.1 Å². The second-order valence-electron chi connectivity index (χ2n) is 3.30. The summed E-state index contributed by atoms with van der Waals surface area (Å²) in [5, 5.41) is 9.50. The second kappa shape index (κ2) is 4.10. The van der Waals surface area contributed by atoms with E-state index in [0.717, 1.165) is 28.3 Å². The summed E-state index contributed by atoms with van der Waals surface area (Å²) in [6.45, 7) is 0. The molecular weight excluding hydrogens is 206 g/mol. The predicted molar refractivity (Wildman–Crippen MR) is 61.5 cm³/mol. The maximum absolute atomic E-state index is 10.4. The first-order chi connectivity index (χ1) is 7.72. The average Bonchev–Trinajstić information content (AvgIpc) is 2.69. The fourth-order valence-corrected chi connectivity index (χ4v) is 1.62. The van der Waals surface area contributed by atoms with Gasteiger partial charge in [0, 0.05) is 23.2 Å². The molecule has 2 rings (SSSR count). The summed E-state index contributed by atoms with van der Waals surface area (Å²) in [6, 6.07) is 5.63. The topological polar surface area (TPSA) is 62.3 Å². The van der Waals surface area contributed by atoms with E-state index in [0.29, 0.717) is 0 Å². The zero-order chi connectivity index (χ0) is 11.5. The van der Waals surface area contributed by atoms with Crippen LogP contribution in [-0.4, -0.2) is 23.2 Å². The number of carbonyl (C=O) groups is 1. The monoisotopic (exact) mass is 217 g/mol. The van der Waals surface area contributed by atoms with E-state index in [2.05, 4.69) is 4.98 Å². The smallest absolute Gasteiger partial charge is 0.328 e. The van der Waals surface area contributed by atoms with Crippen molar-refractivity contribution in [3.05, 3.63) is 36.0 Å². The van der Waals surface area contributed by atoms with Crippen LogP contribution in [0.1, 0.15) is 5.56 Å². The summed E-state index contributed by atoms with van der Waals surface area (Å²) in [4.78, 5) is 13.5. The van der Waals surface area contributed by atoms with Crippen molar-refractivity contribution in [3.63, 3.8) is 0 Å². The highest BCUT2D eigenvalue weighted by Gasteiger charge is 2.05. The maximum Gasteiger partial charge on any atom is 0.328 e. The molecule has 4 nitrogen and oxygen atoms in total. The largest absolute Gasteiger partial charge is 0.495 e. The van der Waals surface area contributed by atoms with E-state index in [1.54, 1.807) is 19.4 Å². The van der Waals surface area contributed by atoms with Crippen molar-refractivity contribution in [2.24, 2.45) is 0 Å². The molecule has 2 aromatic rings. The molecule has 0 aliphatic carbocycles. The number of aromatic amines is 1. The third-order valence-electron chi connectivity index (χ3n) is 2.33. The van der Waals surface area contributed by atoms with Crippen LogP contribution in [0.4, 0.5) is 0 Å². The number of rotatable bonds is 3. The lowest BCUT2D eigenvalue weighted by atomic mass is 10.1. The fourth-order valence-electron chi connectivity index (χ4n) is 1.62. The standard InChI is InChI=1S/C12H11NO3/c1-16-10-4-2-3-9-8(5-6-11(14)15)7-13-12(9)10/h2-7,13H,1H3,(H,14,15)/b6-5-. The van der Waals surface area contributed by atoms with Crippen molar-refractivity contribution in [2.45, 2.75) is 0 Å². The van der Waals surface area contributed by atoms with Crippen LogP contribution in [-0.2, 0) is 4.79 Å². The minimum absolute atomic E-state index is 0.743. The minimum atomic E-state index is -0.961. The van der Waals surface area contributed by atoms with Gasteiger partial charge in [0.15, 0.2) is 0 Å². The van der Waals surface area contributed by atoms with E-state index in [-0.39, 0.29) is 0 Å². The number of aromatic nitrogens is 1. The highest BCUT2D eigenvalue weighted by molar-refractivity contribution is 5.95. The Morgan fingerprint density at radius 2 is 2.31 bits per heavy atom. The summed E-state index contributed by atoms with van der Waals surface area (Å²) in [6.07, 6.45) is 4.43. The third kappa shape index (κ3) is 1.77. The van der Waals surface area contributed by atoms with E-state index in [1.165, 1.54) is 0 Å². The molecule has 0 saturated carbocycles. The average molecular weight is 217 g/mol. The first-order valence-electron chi connectivity index (χ1n) is 4.77. The number of carboxylic acids is 1. The van der Waals surface area contributed by atoms with E-state index >= 15 is 0 Å². The molecule has 0 saturated heterocycles. The summed E-state index contributed by atoms with van der Waals surface area (Å²) in [5.74, 6) is -0.218. The lowest BCUT2D eigenvalue weighted by Crippen LogP contribution is -1.85. The van der Waals surface area contributed by atoms with Gasteiger partial charge in [-0.15, -0.1) is 0 Å². The van der Waals surface area contributed by atoms with Gasteiger partial charge in [-0.25, -0.2) is 4.79 Å². The molecule has 82 valence electrons. The van der Waals surface area contributed by atoms with E-state index < -0.39 is 5.97 Å². The van der Waals surface area contributed by atoms with Crippen LogP contribution in [0.3, 0.4) is 0 Å². The van der Waals surface area contributed by atoms with Crippen molar-refractivity contribution in [2.75, 3.05) is 7.11 Å². The summed E-state index contributed by atoms with van der Waals surface area (Å²) < 4.78 is 5.19. The van der Waals surface area contributed by atoms with Crippen molar-refractivity contribution in [3.8, 4) is 5.75 Å². The van der Waals surface area contributed by atoms with Crippen LogP contribution in [0.15, 0.2) is 30.5 Å². The highest BCUT2D eigenvalue weighted by atomic mass is 16.5. The number of methoxy groups -OCH3 is 1. The van der Waals surface area contributed by atoms with Gasteiger partial charge in [-0.2, -0.15) is 0 Å². The number of ether oxygens (including phenoxy) is 1. The second-order valence-corrected chi connectivity index (χ2v) is 3.30. The Labute approximate surface area is 92.2 Å². The quantitative estimate of drug-likeness (QED) is 0.775. The van der Waals surface area contributed by atoms with Crippen molar-refractivity contribution in [1.82, 2.24) is 4.98 Å². The summed E-state index contributed by atoms with van der Waals surface area (Å²) in [7, 11) is 1.60. The lowest BCUT2D eigenvalue weighted by Gasteiger charge is -2.00. The molecule has 0 bridgehead atoms. The van der Waals surface area contributed by atoms with Crippen molar-refractivity contribution in [1.29, 1.82) is 0 Å².